The van der Waals surface area contributed by atoms with E-state index >= 15 is 0 Å². The Balaban J connectivity index is 1.24. The van der Waals surface area contributed by atoms with Crippen LogP contribution >= 0.6 is 0 Å². The lowest BCUT2D eigenvalue weighted by molar-refractivity contribution is -0.121. The second-order valence-electron chi connectivity index (χ2n) is 6.20. The smallest absolute Gasteiger partial charge is 0.255 e. The molecule has 1 aliphatic heterocycles. The van der Waals surface area contributed by atoms with Gasteiger partial charge in [0.1, 0.15) is 6.10 Å². The van der Waals surface area contributed by atoms with Crippen molar-refractivity contribution in [2.75, 3.05) is 6.61 Å². The first-order valence-corrected chi connectivity index (χ1v) is 8.87. The number of carbonyl (C=O) groups excluding carboxylic acids is 1. The summed E-state index contributed by atoms with van der Waals surface area (Å²) in [6, 6.07) is 9.53. The first-order chi connectivity index (χ1) is 13.3. The van der Waals surface area contributed by atoms with Gasteiger partial charge in [-0.15, -0.1) is 0 Å². The summed E-state index contributed by atoms with van der Waals surface area (Å²) < 4.78 is 15.9. The van der Waals surface area contributed by atoms with E-state index in [4.69, 9.17) is 13.8 Å². The molecule has 2 aromatic heterocycles. The van der Waals surface area contributed by atoms with E-state index in [9.17, 15) is 4.79 Å². The van der Waals surface area contributed by atoms with Gasteiger partial charge in [0, 0.05) is 25.0 Å². The number of ether oxygens (including phenoxy) is 1. The predicted octanol–water partition coefficient (Wildman–Crippen LogP) is 2.22. The first-order valence-electron chi connectivity index (χ1n) is 8.87. The summed E-state index contributed by atoms with van der Waals surface area (Å²) in [5, 5.41) is 10.6. The lowest BCUT2D eigenvalue weighted by atomic mass is 10.2. The number of hydrogen-bond donors (Lipinski definition) is 1. The average molecular weight is 369 g/mol. The van der Waals surface area contributed by atoms with Crippen LogP contribution in [0.4, 0.5) is 0 Å². The minimum absolute atomic E-state index is 0.127. The third-order valence-electron chi connectivity index (χ3n) is 4.20. The number of hydrogen-bond acceptors (Lipinski definition) is 8. The molecular formula is C18H19N5O4. The number of amides is 1. The second-order valence-corrected chi connectivity index (χ2v) is 6.20. The van der Waals surface area contributed by atoms with Gasteiger partial charge in [-0.25, -0.2) is 0 Å². The molecule has 0 spiro atoms. The molecule has 3 aromatic rings. The van der Waals surface area contributed by atoms with Crippen molar-refractivity contribution in [3.05, 3.63) is 47.9 Å². The first kappa shape index (κ1) is 17.3. The molecule has 0 bridgehead atoms. The molecule has 9 heteroatoms. The number of rotatable bonds is 7. The van der Waals surface area contributed by atoms with E-state index in [0.29, 0.717) is 36.5 Å². The Hall–Kier alpha value is -3.07. The molecule has 1 saturated heterocycles. The highest BCUT2D eigenvalue weighted by Gasteiger charge is 2.23. The fraction of sp³-hybridized carbons (Fsp3) is 0.389. The molecule has 1 aliphatic rings. The van der Waals surface area contributed by atoms with Gasteiger partial charge < -0.3 is 19.1 Å². The van der Waals surface area contributed by atoms with E-state index in [2.05, 4.69) is 25.6 Å². The summed E-state index contributed by atoms with van der Waals surface area (Å²) >= 11 is 0. The molecule has 9 nitrogen and oxygen atoms in total. The molecule has 0 saturated carbocycles. The zero-order valence-corrected chi connectivity index (χ0v) is 14.6. The highest BCUT2D eigenvalue weighted by molar-refractivity contribution is 5.75. The van der Waals surface area contributed by atoms with Crippen molar-refractivity contribution in [3.63, 3.8) is 0 Å². The Bertz CT molecular complexity index is 886. The van der Waals surface area contributed by atoms with Crippen molar-refractivity contribution < 1.29 is 18.6 Å². The maximum absolute atomic E-state index is 12.0. The van der Waals surface area contributed by atoms with Crippen LogP contribution in [0, 0.1) is 0 Å². The molecule has 1 amide bonds. The van der Waals surface area contributed by atoms with Crippen LogP contribution in [0.1, 0.15) is 43.0 Å². The van der Waals surface area contributed by atoms with E-state index in [1.807, 2.05) is 30.3 Å². The zero-order chi connectivity index (χ0) is 18.5. The highest BCUT2D eigenvalue weighted by atomic mass is 16.5. The second kappa shape index (κ2) is 8.09. The Morgan fingerprint density at radius 1 is 1.15 bits per heavy atom. The van der Waals surface area contributed by atoms with Gasteiger partial charge in [-0.3, -0.25) is 4.79 Å². The van der Waals surface area contributed by atoms with Crippen LogP contribution in [-0.2, 0) is 22.5 Å². The molecule has 1 N–H and O–H groups in total. The summed E-state index contributed by atoms with van der Waals surface area (Å²) in [6.45, 7) is 0.912. The van der Waals surface area contributed by atoms with Crippen LogP contribution < -0.4 is 5.32 Å². The van der Waals surface area contributed by atoms with Gasteiger partial charge in [-0.05, 0) is 12.8 Å². The molecule has 27 heavy (non-hydrogen) atoms. The van der Waals surface area contributed by atoms with Gasteiger partial charge in [0.15, 0.2) is 5.82 Å². The molecule has 0 radical (unpaired) electrons. The molecule has 1 atom stereocenters. The maximum Gasteiger partial charge on any atom is 0.255 e. The molecule has 0 aliphatic carbocycles. The van der Waals surface area contributed by atoms with Gasteiger partial charge in [0.2, 0.25) is 17.6 Å². The molecule has 0 unspecified atom stereocenters. The van der Waals surface area contributed by atoms with Gasteiger partial charge in [0.05, 0.1) is 6.54 Å². The molecule has 4 rings (SSSR count). The van der Waals surface area contributed by atoms with Crippen molar-refractivity contribution in [3.8, 4) is 11.4 Å². The highest BCUT2D eigenvalue weighted by Crippen LogP contribution is 2.26. The van der Waals surface area contributed by atoms with Crippen LogP contribution in [0.15, 0.2) is 39.4 Å². The van der Waals surface area contributed by atoms with E-state index < -0.39 is 0 Å². The van der Waals surface area contributed by atoms with Crippen LogP contribution in [-0.4, -0.2) is 32.8 Å². The average Bonchev–Trinajstić information content (AvgIpc) is 3.47. The number of aromatic nitrogens is 4. The molecule has 1 fully saturated rings. The van der Waals surface area contributed by atoms with Crippen molar-refractivity contribution in [1.29, 1.82) is 0 Å². The fourth-order valence-corrected chi connectivity index (χ4v) is 2.79. The molecule has 140 valence electrons. The van der Waals surface area contributed by atoms with E-state index in [1.165, 1.54) is 0 Å². The summed E-state index contributed by atoms with van der Waals surface area (Å²) in [5.41, 5.74) is 0.871. The van der Waals surface area contributed by atoms with E-state index in [1.54, 1.807) is 0 Å². The number of benzene rings is 1. The Morgan fingerprint density at radius 3 is 2.85 bits per heavy atom. The normalized spacial score (nSPS) is 16.5. The molecule has 3 heterocycles. The number of nitrogens with one attached hydrogen (secondary N) is 1. The monoisotopic (exact) mass is 369 g/mol. The van der Waals surface area contributed by atoms with Gasteiger partial charge in [0.25, 0.3) is 5.89 Å². The Kier molecular flexibility index (Phi) is 5.20. The third kappa shape index (κ3) is 4.37. The number of aryl methyl sites for hydroxylation is 1. The predicted molar refractivity (Wildman–Crippen MR) is 92.1 cm³/mol. The molecule has 1 aromatic carbocycles. The summed E-state index contributed by atoms with van der Waals surface area (Å²) in [7, 11) is 0. The Morgan fingerprint density at radius 2 is 2.04 bits per heavy atom. The van der Waals surface area contributed by atoms with E-state index in [0.717, 1.165) is 18.4 Å². The lowest BCUT2D eigenvalue weighted by Gasteiger charge is -2.01. The van der Waals surface area contributed by atoms with Gasteiger partial charge in [-0.2, -0.15) is 9.97 Å². The van der Waals surface area contributed by atoms with Crippen LogP contribution in [0.5, 0.6) is 0 Å². The van der Waals surface area contributed by atoms with Crippen molar-refractivity contribution >= 4 is 5.91 Å². The van der Waals surface area contributed by atoms with Crippen LogP contribution in [0.2, 0.25) is 0 Å². The maximum atomic E-state index is 12.0. The minimum Gasteiger partial charge on any atom is -0.368 e. The minimum atomic E-state index is -0.155. The zero-order valence-electron chi connectivity index (χ0n) is 14.6. The summed E-state index contributed by atoms with van der Waals surface area (Å²) in [4.78, 5) is 20.6. The SMILES string of the molecule is O=C(CCc1nc(-c2ccccc2)no1)NCc1noc([C@H]2CCCO2)n1. The fourth-order valence-electron chi connectivity index (χ4n) is 2.79. The number of carbonyl (C=O) groups is 1. The van der Waals surface area contributed by atoms with E-state index in [-0.39, 0.29) is 25.0 Å². The number of nitrogens with zero attached hydrogens (tertiary/aromatic N) is 4. The summed E-state index contributed by atoms with van der Waals surface area (Å²) in [6.07, 6.45) is 2.33. The lowest BCUT2D eigenvalue weighted by Crippen LogP contribution is -2.23. The standard InChI is InChI=1S/C18H19N5O4/c24-15(19-11-14-20-18(27-22-14)13-7-4-10-25-13)8-9-16-21-17(23-26-16)12-5-2-1-3-6-12/h1-3,5-6,13H,4,7-11H2,(H,19,24)/t13-/m1/s1. The van der Waals surface area contributed by atoms with Crippen molar-refractivity contribution in [2.24, 2.45) is 0 Å². The third-order valence-corrected chi connectivity index (χ3v) is 4.20. The van der Waals surface area contributed by atoms with Gasteiger partial charge >= 0.3 is 0 Å². The largest absolute Gasteiger partial charge is 0.368 e. The van der Waals surface area contributed by atoms with Crippen molar-refractivity contribution in [1.82, 2.24) is 25.6 Å². The van der Waals surface area contributed by atoms with Crippen LogP contribution in [0.3, 0.4) is 0 Å². The van der Waals surface area contributed by atoms with Gasteiger partial charge in [-0.1, -0.05) is 40.6 Å². The quantitative estimate of drug-likeness (QED) is 0.674. The molecular weight excluding hydrogens is 350 g/mol. The van der Waals surface area contributed by atoms with Crippen LogP contribution in [0.25, 0.3) is 11.4 Å². The topological polar surface area (TPSA) is 116 Å². The Labute approximate surface area is 155 Å². The van der Waals surface area contributed by atoms with Crippen molar-refractivity contribution in [2.45, 2.75) is 38.3 Å². The summed E-state index contributed by atoms with van der Waals surface area (Å²) in [5.74, 6) is 1.68.